The Morgan fingerprint density at radius 1 is 1.19 bits per heavy atom. The van der Waals surface area contributed by atoms with Gasteiger partial charge in [0.25, 0.3) is 5.91 Å². The number of nitrogens with zero attached hydrogens (tertiary/aromatic N) is 3. The highest BCUT2D eigenvalue weighted by atomic mass is 19.1. The first-order valence-corrected chi connectivity index (χ1v) is 11.3. The number of halogens is 1. The Labute approximate surface area is 187 Å². The summed E-state index contributed by atoms with van der Waals surface area (Å²) in [6.07, 6.45) is 7.91. The number of carbonyl (C=O) groups excluding carboxylic acids is 2. The molecule has 8 heteroatoms. The summed E-state index contributed by atoms with van der Waals surface area (Å²) in [6, 6.07) is 6.37. The van der Waals surface area contributed by atoms with Crippen LogP contribution >= 0.6 is 0 Å². The Balaban J connectivity index is 1.30. The molecule has 1 aromatic heterocycles. The highest BCUT2D eigenvalue weighted by Gasteiger charge is 2.27. The molecule has 0 bridgehead atoms. The lowest BCUT2D eigenvalue weighted by atomic mass is 9.90. The van der Waals surface area contributed by atoms with Crippen molar-refractivity contribution in [2.75, 3.05) is 19.7 Å². The fourth-order valence-corrected chi connectivity index (χ4v) is 4.41. The molecule has 0 saturated carbocycles. The van der Waals surface area contributed by atoms with Crippen LogP contribution in [0.4, 0.5) is 4.39 Å². The molecule has 0 aliphatic carbocycles. The molecular formula is C24H29FN4O3. The van der Waals surface area contributed by atoms with Crippen LogP contribution in [0.3, 0.4) is 0 Å². The Hall–Kier alpha value is -2.87. The predicted octanol–water partition coefficient (Wildman–Crippen LogP) is 2.90. The average Bonchev–Trinajstić information content (AvgIpc) is 3.32. The van der Waals surface area contributed by atoms with Gasteiger partial charge >= 0.3 is 0 Å². The number of hydrogen-bond acceptors (Lipinski definition) is 5. The first-order valence-electron chi connectivity index (χ1n) is 11.3. The number of nitrogens with one attached hydrogen (secondary N) is 1. The van der Waals surface area contributed by atoms with Gasteiger partial charge in [-0.1, -0.05) is 18.2 Å². The van der Waals surface area contributed by atoms with Crippen LogP contribution in [0.25, 0.3) is 0 Å². The van der Waals surface area contributed by atoms with Crippen LogP contribution in [0, 0.1) is 11.7 Å². The van der Waals surface area contributed by atoms with Gasteiger partial charge in [0.1, 0.15) is 12.1 Å². The normalized spacial score (nSPS) is 19.2. The minimum atomic E-state index is -0.349. The number of hydrogen-bond donors (Lipinski definition) is 1. The maximum absolute atomic E-state index is 13.8. The van der Waals surface area contributed by atoms with E-state index < -0.39 is 0 Å². The number of likely N-dealkylation sites (tertiary alicyclic amines) is 1. The number of aromatic nitrogens is 2. The molecule has 3 heterocycles. The molecule has 1 atom stereocenters. The second kappa shape index (κ2) is 10.6. The molecule has 0 radical (unpaired) electrons. The van der Waals surface area contributed by atoms with Gasteiger partial charge in [0.15, 0.2) is 0 Å². The summed E-state index contributed by atoms with van der Waals surface area (Å²) >= 11 is 0. The van der Waals surface area contributed by atoms with Crippen molar-refractivity contribution in [2.24, 2.45) is 5.92 Å². The maximum Gasteiger partial charge on any atom is 0.254 e. The van der Waals surface area contributed by atoms with E-state index in [4.69, 9.17) is 4.74 Å². The van der Waals surface area contributed by atoms with Crippen molar-refractivity contribution in [1.82, 2.24) is 20.2 Å². The second-order valence-corrected chi connectivity index (χ2v) is 8.52. The van der Waals surface area contributed by atoms with Crippen LogP contribution in [0.15, 0.2) is 36.8 Å². The van der Waals surface area contributed by atoms with Crippen molar-refractivity contribution in [2.45, 2.75) is 51.2 Å². The van der Waals surface area contributed by atoms with Crippen molar-refractivity contribution in [3.05, 3.63) is 59.4 Å². The first kappa shape index (κ1) is 22.3. The van der Waals surface area contributed by atoms with Gasteiger partial charge in [-0.05, 0) is 44.1 Å². The minimum Gasteiger partial charge on any atom is -0.378 e. The second-order valence-electron chi connectivity index (χ2n) is 8.52. The quantitative estimate of drug-likeness (QED) is 0.716. The third kappa shape index (κ3) is 5.68. The summed E-state index contributed by atoms with van der Waals surface area (Å²) in [4.78, 5) is 35.5. The first-order chi connectivity index (χ1) is 15.6. The maximum atomic E-state index is 13.8. The van der Waals surface area contributed by atoms with Crippen LogP contribution in [-0.2, 0) is 22.5 Å². The van der Waals surface area contributed by atoms with Gasteiger partial charge in [-0.3, -0.25) is 9.59 Å². The van der Waals surface area contributed by atoms with Gasteiger partial charge in [-0.25, -0.2) is 14.4 Å². The molecule has 2 aliphatic rings. The van der Waals surface area contributed by atoms with E-state index in [1.54, 1.807) is 18.2 Å². The lowest BCUT2D eigenvalue weighted by molar-refractivity contribution is -0.134. The van der Waals surface area contributed by atoms with Gasteiger partial charge in [-0.2, -0.15) is 0 Å². The third-order valence-electron chi connectivity index (χ3n) is 6.31. The summed E-state index contributed by atoms with van der Waals surface area (Å²) in [5.74, 6) is -0.147. The van der Waals surface area contributed by atoms with Crippen LogP contribution < -0.4 is 5.32 Å². The molecule has 0 spiro atoms. The van der Waals surface area contributed by atoms with Crippen molar-refractivity contribution in [3.8, 4) is 0 Å². The molecule has 7 nitrogen and oxygen atoms in total. The Morgan fingerprint density at radius 3 is 2.75 bits per heavy atom. The summed E-state index contributed by atoms with van der Waals surface area (Å²) in [5.41, 5.74) is 1.54. The number of carbonyl (C=O) groups is 2. The molecule has 2 amide bonds. The Morgan fingerprint density at radius 2 is 2.00 bits per heavy atom. The zero-order chi connectivity index (χ0) is 22.3. The molecular weight excluding hydrogens is 411 g/mol. The molecule has 1 aromatic carbocycles. The zero-order valence-electron chi connectivity index (χ0n) is 18.1. The van der Waals surface area contributed by atoms with E-state index in [0.29, 0.717) is 35.6 Å². The van der Waals surface area contributed by atoms with Crippen LogP contribution in [0.2, 0.25) is 0 Å². The van der Waals surface area contributed by atoms with Crippen LogP contribution in [0.1, 0.15) is 53.7 Å². The molecule has 32 heavy (non-hydrogen) atoms. The van der Waals surface area contributed by atoms with Gasteiger partial charge in [0, 0.05) is 38.0 Å². The number of benzene rings is 1. The van der Waals surface area contributed by atoms with Crippen molar-refractivity contribution in [3.63, 3.8) is 0 Å². The number of amides is 2. The van der Waals surface area contributed by atoms with Crippen LogP contribution in [-0.4, -0.2) is 52.5 Å². The Bertz CT molecular complexity index is 940. The standard InChI is InChI=1S/C24H29FN4O3/c25-21-6-2-1-4-18(21)14-27-24(31)20-15-26-16-28-22(20)12-17-7-9-29(10-8-17)23(30)13-19-5-3-11-32-19/h1-2,4,6,15-17,19H,3,5,7-14H2,(H,27,31). The van der Waals surface area contributed by atoms with Gasteiger partial charge in [0.2, 0.25) is 5.91 Å². The number of ether oxygens (including phenoxy) is 1. The minimum absolute atomic E-state index is 0.0756. The zero-order valence-corrected chi connectivity index (χ0v) is 18.1. The van der Waals surface area contributed by atoms with Gasteiger partial charge in [-0.15, -0.1) is 0 Å². The van der Waals surface area contributed by atoms with Crippen LogP contribution in [0.5, 0.6) is 0 Å². The molecule has 2 fully saturated rings. The van der Waals surface area contributed by atoms with E-state index >= 15 is 0 Å². The van der Waals surface area contributed by atoms with Crippen molar-refractivity contribution < 1.29 is 18.7 Å². The summed E-state index contributed by atoms with van der Waals surface area (Å²) < 4.78 is 19.4. The summed E-state index contributed by atoms with van der Waals surface area (Å²) in [7, 11) is 0. The molecule has 2 saturated heterocycles. The SMILES string of the molecule is O=C(NCc1ccccc1F)c1cncnc1CC1CCN(C(=O)CC2CCCO2)CC1. The van der Waals surface area contributed by atoms with Gasteiger partial charge in [0.05, 0.1) is 23.8 Å². The molecule has 2 aliphatic heterocycles. The predicted molar refractivity (Wildman–Crippen MR) is 116 cm³/mol. The van der Waals surface area contributed by atoms with E-state index in [1.807, 2.05) is 4.90 Å². The van der Waals surface area contributed by atoms with E-state index in [2.05, 4.69) is 15.3 Å². The van der Waals surface area contributed by atoms with E-state index in [9.17, 15) is 14.0 Å². The Kier molecular flexibility index (Phi) is 7.42. The van der Waals surface area contributed by atoms with Crippen molar-refractivity contribution >= 4 is 11.8 Å². The van der Waals surface area contributed by atoms with Gasteiger partial charge < -0.3 is 15.0 Å². The highest BCUT2D eigenvalue weighted by Crippen LogP contribution is 2.24. The lowest BCUT2D eigenvalue weighted by Gasteiger charge is -2.32. The lowest BCUT2D eigenvalue weighted by Crippen LogP contribution is -2.40. The molecule has 1 N–H and O–H groups in total. The third-order valence-corrected chi connectivity index (χ3v) is 6.31. The molecule has 4 rings (SSSR count). The van der Waals surface area contributed by atoms with E-state index in [-0.39, 0.29) is 30.3 Å². The molecule has 170 valence electrons. The highest BCUT2D eigenvalue weighted by molar-refractivity contribution is 5.94. The summed E-state index contributed by atoms with van der Waals surface area (Å²) in [5, 5.41) is 2.77. The monoisotopic (exact) mass is 440 g/mol. The number of piperidine rings is 1. The number of rotatable bonds is 7. The van der Waals surface area contributed by atoms with E-state index in [1.165, 1.54) is 18.6 Å². The topological polar surface area (TPSA) is 84.4 Å². The average molecular weight is 441 g/mol. The van der Waals surface area contributed by atoms with E-state index in [0.717, 1.165) is 45.4 Å². The summed E-state index contributed by atoms with van der Waals surface area (Å²) in [6.45, 7) is 2.30. The smallest absolute Gasteiger partial charge is 0.254 e. The molecule has 2 aromatic rings. The fraction of sp³-hybridized carbons (Fsp3) is 0.500. The largest absolute Gasteiger partial charge is 0.378 e. The fourth-order valence-electron chi connectivity index (χ4n) is 4.41. The van der Waals surface area contributed by atoms with Crippen molar-refractivity contribution in [1.29, 1.82) is 0 Å². The molecule has 1 unspecified atom stereocenters.